The highest BCUT2D eigenvalue weighted by molar-refractivity contribution is 5.35. The van der Waals surface area contributed by atoms with Crippen LogP contribution in [0.4, 0.5) is 0 Å². The fourth-order valence-corrected chi connectivity index (χ4v) is 2.40. The zero-order valence-corrected chi connectivity index (χ0v) is 11.4. The van der Waals surface area contributed by atoms with E-state index < -0.39 is 6.10 Å². The average molecular weight is 249 g/mol. The maximum absolute atomic E-state index is 10.1. The van der Waals surface area contributed by atoms with E-state index in [0.717, 1.165) is 5.56 Å². The van der Waals surface area contributed by atoms with Gasteiger partial charge < -0.3 is 15.6 Å². The third kappa shape index (κ3) is 2.18. The van der Waals surface area contributed by atoms with Crippen LogP contribution in [0.1, 0.15) is 31.9 Å². The van der Waals surface area contributed by atoms with Crippen molar-refractivity contribution in [1.29, 1.82) is 0 Å². The minimum Gasteiger partial charge on any atom is -0.391 e. The number of ether oxygens (including phenoxy) is 1. The summed E-state index contributed by atoms with van der Waals surface area (Å²) in [5, 5.41) is 10.1. The zero-order valence-electron chi connectivity index (χ0n) is 11.4. The molecule has 1 aromatic rings. The summed E-state index contributed by atoms with van der Waals surface area (Å²) in [7, 11) is 0. The molecule has 100 valence electrons. The summed E-state index contributed by atoms with van der Waals surface area (Å²) in [4.78, 5) is 0. The molecule has 3 heteroatoms. The number of aliphatic hydroxyl groups is 1. The monoisotopic (exact) mass is 249 g/mol. The van der Waals surface area contributed by atoms with Gasteiger partial charge in [0.25, 0.3) is 0 Å². The molecule has 1 heterocycles. The quantitative estimate of drug-likeness (QED) is 0.855. The molecule has 0 saturated carbocycles. The molecule has 1 saturated heterocycles. The molecule has 2 rings (SSSR count). The largest absolute Gasteiger partial charge is 0.391 e. The van der Waals surface area contributed by atoms with Crippen molar-refractivity contribution in [2.75, 3.05) is 19.8 Å². The van der Waals surface area contributed by atoms with Crippen LogP contribution >= 0.6 is 0 Å². The van der Waals surface area contributed by atoms with Gasteiger partial charge in [0.2, 0.25) is 0 Å². The summed E-state index contributed by atoms with van der Waals surface area (Å²) in [6, 6.07) is 8.47. The number of nitrogens with two attached hydrogens (primary N) is 1. The zero-order chi connectivity index (χ0) is 13.4. The predicted octanol–water partition coefficient (Wildman–Crippen LogP) is 1.57. The van der Waals surface area contributed by atoms with Crippen LogP contribution in [0.15, 0.2) is 24.3 Å². The molecule has 1 aromatic carbocycles. The highest BCUT2D eigenvalue weighted by Gasteiger charge is 2.46. The molecule has 1 fully saturated rings. The van der Waals surface area contributed by atoms with Crippen LogP contribution in [-0.4, -0.2) is 31.0 Å². The van der Waals surface area contributed by atoms with E-state index in [-0.39, 0.29) is 17.4 Å². The van der Waals surface area contributed by atoms with Gasteiger partial charge in [-0.1, -0.05) is 45.0 Å². The Balaban J connectivity index is 2.28. The highest BCUT2D eigenvalue weighted by atomic mass is 16.5. The van der Waals surface area contributed by atoms with Crippen molar-refractivity contribution in [3.8, 4) is 0 Å². The summed E-state index contributed by atoms with van der Waals surface area (Å²) in [6.07, 6.45) is -0.535. The van der Waals surface area contributed by atoms with E-state index in [9.17, 15) is 5.11 Å². The first-order valence-corrected chi connectivity index (χ1v) is 6.47. The fourth-order valence-electron chi connectivity index (χ4n) is 2.40. The van der Waals surface area contributed by atoms with Crippen molar-refractivity contribution in [2.24, 2.45) is 5.73 Å². The molecule has 0 aromatic heterocycles. The lowest BCUT2D eigenvalue weighted by molar-refractivity contribution is -0.116. The molecule has 0 amide bonds. The summed E-state index contributed by atoms with van der Waals surface area (Å²) >= 11 is 0. The molecule has 0 spiro atoms. The Morgan fingerprint density at radius 1 is 1.28 bits per heavy atom. The topological polar surface area (TPSA) is 55.5 Å². The Bertz CT molecular complexity index is 401. The van der Waals surface area contributed by atoms with Gasteiger partial charge in [0, 0.05) is 6.54 Å². The first-order chi connectivity index (χ1) is 8.40. The first-order valence-electron chi connectivity index (χ1n) is 6.47. The second-order valence-corrected chi connectivity index (χ2v) is 6.23. The number of rotatable bonds is 3. The van der Waals surface area contributed by atoms with Gasteiger partial charge in [0.15, 0.2) is 0 Å². The number of benzene rings is 1. The molecule has 1 aliphatic rings. The van der Waals surface area contributed by atoms with Crippen molar-refractivity contribution in [1.82, 2.24) is 0 Å². The molecule has 0 bridgehead atoms. The predicted molar refractivity (Wildman–Crippen MR) is 72.7 cm³/mol. The lowest BCUT2D eigenvalue weighted by Crippen LogP contribution is -2.57. The van der Waals surface area contributed by atoms with E-state index in [1.54, 1.807) is 0 Å². The SMILES string of the molecule is CC(C)(C)c1ccc(C2(C(O)CN)COC2)cc1. The van der Waals surface area contributed by atoms with Crippen LogP contribution in [0, 0.1) is 0 Å². The lowest BCUT2D eigenvalue weighted by Gasteiger charge is -2.45. The Morgan fingerprint density at radius 3 is 2.17 bits per heavy atom. The second-order valence-electron chi connectivity index (χ2n) is 6.23. The Hall–Kier alpha value is -0.900. The van der Waals surface area contributed by atoms with E-state index in [4.69, 9.17) is 10.5 Å². The van der Waals surface area contributed by atoms with Crippen molar-refractivity contribution in [2.45, 2.75) is 37.7 Å². The van der Waals surface area contributed by atoms with Crippen LogP contribution < -0.4 is 5.73 Å². The Labute approximate surface area is 109 Å². The maximum atomic E-state index is 10.1. The summed E-state index contributed by atoms with van der Waals surface area (Å²) in [5.74, 6) is 0. The maximum Gasteiger partial charge on any atom is 0.0803 e. The minimum atomic E-state index is -0.535. The smallest absolute Gasteiger partial charge is 0.0803 e. The molecular weight excluding hydrogens is 226 g/mol. The van der Waals surface area contributed by atoms with Gasteiger partial charge in [-0.3, -0.25) is 0 Å². The third-order valence-corrected chi connectivity index (χ3v) is 3.91. The summed E-state index contributed by atoms with van der Waals surface area (Å²) in [6.45, 7) is 7.96. The molecule has 1 unspecified atom stereocenters. The van der Waals surface area contributed by atoms with E-state index in [0.29, 0.717) is 13.2 Å². The summed E-state index contributed by atoms with van der Waals surface area (Å²) in [5.41, 5.74) is 7.87. The molecule has 1 atom stereocenters. The highest BCUT2D eigenvalue weighted by Crippen LogP contribution is 2.36. The molecule has 18 heavy (non-hydrogen) atoms. The van der Waals surface area contributed by atoms with Crippen molar-refractivity contribution >= 4 is 0 Å². The minimum absolute atomic E-state index is 0.147. The molecule has 1 aliphatic heterocycles. The van der Waals surface area contributed by atoms with Crippen LogP contribution in [0.3, 0.4) is 0 Å². The van der Waals surface area contributed by atoms with Gasteiger partial charge in [-0.25, -0.2) is 0 Å². The number of hydrogen-bond donors (Lipinski definition) is 2. The fraction of sp³-hybridized carbons (Fsp3) is 0.600. The molecule has 3 nitrogen and oxygen atoms in total. The van der Waals surface area contributed by atoms with Crippen molar-refractivity contribution in [3.63, 3.8) is 0 Å². The van der Waals surface area contributed by atoms with E-state index in [1.165, 1.54) is 5.56 Å². The number of hydrogen-bond acceptors (Lipinski definition) is 3. The average Bonchev–Trinajstić information content (AvgIpc) is 2.27. The lowest BCUT2D eigenvalue weighted by atomic mass is 9.73. The first kappa shape index (κ1) is 13.5. The van der Waals surface area contributed by atoms with Gasteiger partial charge >= 0.3 is 0 Å². The van der Waals surface area contributed by atoms with Crippen LogP contribution in [-0.2, 0) is 15.6 Å². The van der Waals surface area contributed by atoms with Gasteiger partial charge in [0.05, 0.1) is 24.7 Å². The van der Waals surface area contributed by atoms with E-state index >= 15 is 0 Å². The normalized spacial score (nSPS) is 20.3. The van der Waals surface area contributed by atoms with Gasteiger partial charge in [-0.15, -0.1) is 0 Å². The Kier molecular flexibility index (Phi) is 3.49. The van der Waals surface area contributed by atoms with Crippen molar-refractivity contribution < 1.29 is 9.84 Å². The molecular formula is C15H23NO2. The van der Waals surface area contributed by atoms with Crippen LogP contribution in [0.5, 0.6) is 0 Å². The van der Waals surface area contributed by atoms with Gasteiger partial charge in [0.1, 0.15) is 0 Å². The third-order valence-electron chi connectivity index (χ3n) is 3.91. The van der Waals surface area contributed by atoms with Crippen molar-refractivity contribution in [3.05, 3.63) is 35.4 Å². The standard InChI is InChI=1S/C15H23NO2/c1-14(2,3)11-4-6-12(7-5-11)15(9-18-10-15)13(17)8-16/h4-7,13,17H,8-10,16H2,1-3H3. The Morgan fingerprint density at radius 2 is 1.83 bits per heavy atom. The van der Waals surface area contributed by atoms with Gasteiger partial charge in [-0.2, -0.15) is 0 Å². The number of aliphatic hydroxyl groups excluding tert-OH is 1. The van der Waals surface area contributed by atoms with Crippen LogP contribution in [0.25, 0.3) is 0 Å². The molecule has 3 N–H and O–H groups in total. The molecule has 0 aliphatic carbocycles. The van der Waals surface area contributed by atoms with Crippen LogP contribution in [0.2, 0.25) is 0 Å². The van der Waals surface area contributed by atoms with Gasteiger partial charge in [-0.05, 0) is 16.5 Å². The molecule has 0 radical (unpaired) electrons. The van der Waals surface area contributed by atoms with E-state index in [1.807, 2.05) is 0 Å². The second kappa shape index (κ2) is 4.65. The summed E-state index contributed by atoms with van der Waals surface area (Å²) < 4.78 is 5.30. The van der Waals surface area contributed by atoms with E-state index in [2.05, 4.69) is 45.0 Å².